The van der Waals surface area contributed by atoms with E-state index in [9.17, 15) is 14.4 Å². The Morgan fingerprint density at radius 2 is 1.61 bits per heavy atom. The minimum atomic E-state index is -0.533. The van der Waals surface area contributed by atoms with E-state index in [1.54, 1.807) is 25.1 Å². The van der Waals surface area contributed by atoms with Crippen LogP contribution >= 0.6 is 0 Å². The first-order valence-corrected chi connectivity index (χ1v) is 9.59. The molecular formula is C23H23N3O5. The van der Waals surface area contributed by atoms with E-state index >= 15 is 0 Å². The number of nitrogens with one attached hydrogen (secondary N) is 3. The number of rotatable bonds is 6. The second-order valence-corrected chi connectivity index (χ2v) is 6.97. The molecule has 0 aliphatic carbocycles. The molecule has 3 N–H and O–H groups in total. The Labute approximate surface area is 179 Å². The Morgan fingerprint density at radius 1 is 0.871 bits per heavy atom. The van der Waals surface area contributed by atoms with Gasteiger partial charge in [0.25, 0.3) is 17.7 Å². The molecule has 0 radical (unpaired) electrons. The van der Waals surface area contributed by atoms with Gasteiger partial charge < -0.3 is 14.5 Å². The van der Waals surface area contributed by atoms with Crippen LogP contribution in [0, 0.1) is 20.8 Å². The van der Waals surface area contributed by atoms with Crippen LogP contribution in [-0.4, -0.2) is 24.3 Å². The highest BCUT2D eigenvalue weighted by atomic mass is 16.5. The average molecular weight is 421 g/mol. The predicted octanol–water partition coefficient (Wildman–Crippen LogP) is 3.30. The van der Waals surface area contributed by atoms with Crippen molar-refractivity contribution in [2.24, 2.45) is 0 Å². The molecule has 0 fully saturated rings. The molecule has 3 rings (SSSR count). The van der Waals surface area contributed by atoms with Crippen molar-refractivity contribution in [2.75, 3.05) is 11.9 Å². The zero-order chi connectivity index (χ0) is 22.4. The van der Waals surface area contributed by atoms with Gasteiger partial charge in [0.05, 0.1) is 6.26 Å². The normalized spacial score (nSPS) is 10.3. The molecule has 3 aromatic rings. The summed E-state index contributed by atoms with van der Waals surface area (Å²) in [5, 5.41) is 2.70. The fourth-order valence-electron chi connectivity index (χ4n) is 2.89. The summed E-state index contributed by atoms with van der Waals surface area (Å²) in [5.41, 5.74) is 7.98. The van der Waals surface area contributed by atoms with E-state index in [0.29, 0.717) is 11.4 Å². The van der Waals surface area contributed by atoms with E-state index in [2.05, 4.69) is 16.2 Å². The quantitative estimate of drug-likeness (QED) is 0.529. The molecule has 3 amide bonds. The van der Waals surface area contributed by atoms with Crippen LogP contribution in [0.15, 0.2) is 59.2 Å². The fraction of sp³-hybridized carbons (Fsp3) is 0.174. The largest absolute Gasteiger partial charge is 0.483 e. The highest BCUT2D eigenvalue weighted by Crippen LogP contribution is 2.22. The van der Waals surface area contributed by atoms with Gasteiger partial charge in [-0.15, -0.1) is 0 Å². The number of hydrazine groups is 1. The van der Waals surface area contributed by atoms with Gasteiger partial charge in [-0.25, -0.2) is 0 Å². The number of amides is 3. The van der Waals surface area contributed by atoms with Gasteiger partial charge in [0.2, 0.25) is 0 Å². The zero-order valence-electron chi connectivity index (χ0n) is 17.4. The number of carbonyl (C=O) groups is 3. The van der Waals surface area contributed by atoms with Crippen LogP contribution in [0.25, 0.3) is 0 Å². The first-order valence-electron chi connectivity index (χ1n) is 9.59. The van der Waals surface area contributed by atoms with Crippen LogP contribution in [0.1, 0.15) is 37.6 Å². The van der Waals surface area contributed by atoms with E-state index < -0.39 is 17.7 Å². The lowest BCUT2D eigenvalue weighted by molar-refractivity contribution is -0.123. The number of benzene rings is 2. The molecule has 8 heteroatoms. The molecule has 0 saturated carbocycles. The lowest BCUT2D eigenvalue weighted by Crippen LogP contribution is -2.43. The van der Waals surface area contributed by atoms with Crippen molar-refractivity contribution in [1.29, 1.82) is 0 Å². The molecule has 0 bridgehead atoms. The maximum atomic E-state index is 12.4. The summed E-state index contributed by atoms with van der Waals surface area (Å²) in [4.78, 5) is 36.7. The molecule has 0 aliphatic heterocycles. The number of para-hydroxylation sites is 1. The van der Waals surface area contributed by atoms with Crippen molar-refractivity contribution in [1.82, 2.24) is 10.9 Å². The smallest absolute Gasteiger partial charge is 0.291 e. The first-order chi connectivity index (χ1) is 14.8. The van der Waals surface area contributed by atoms with E-state index in [0.717, 1.165) is 16.7 Å². The van der Waals surface area contributed by atoms with Crippen LogP contribution in [0.3, 0.4) is 0 Å². The summed E-state index contributed by atoms with van der Waals surface area (Å²) in [6, 6.07) is 13.6. The summed E-state index contributed by atoms with van der Waals surface area (Å²) >= 11 is 0. The van der Waals surface area contributed by atoms with Crippen LogP contribution in [0.2, 0.25) is 0 Å². The van der Waals surface area contributed by atoms with Crippen LogP contribution in [0.5, 0.6) is 5.75 Å². The van der Waals surface area contributed by atoms with Crippen molar-refractivity contribution < 1.29 is 23.5 Å². The average Bonchev–Trinajstić information content (AvgIpc) is 3.28. The lowest BCUT2D eigenvalue weighted by atomic mass is 10.1. The zero-order valence-corrected chi connectivity index (χ0v) is 17.4. The number of carbonyl (C=O) groups excluding carboxylic acids is 3. The second-order valence-electron chi connectivity index (χ2n) is 6.97. The number of aryl methyl sites for hydroxylation is 3. The van der Waals surface area contributed by atoms with Gasteiger partial charge in [-0.1, -0.05) is 24.3 Å². The molecule has 0 atom stereocenters. The second kappa shape index (κ2) is 9.62. The van der Waals surface area contributed by atoms with Gasteiger partial charge >= 0.3 is 0 Å². The highest BCUT2D eigenvalue weighted by Gasteiger charge is 2.14. The van der Waals surface area contributed by atoms with Crippen molar-refractivity contribution in [2.45, 2.75) is 20.8 Å². The Hall–Kier alpha value is -4.07. The molecule has 31 heavy (non-hydrogen) atoms. The lowest BCUT2D eigenvalue weighted by Gasteiger charge is -2.13. The third-order valence-corrected chi connectivity index (χ3v) is 4.56. The van der Waals surface area contributed by atoms with Crippen molar-refractivity contribution in [3.8, 4) is 5.75 Å². The Kier molecular flexibility index (Phi) is 6.71. The number of ether oxygens (including phenoxy) is 1. The van der Waals surface area contributed by atoms with Crippen LogP contribution in [-0.2, 0) is 4.79 Å². The van der Waals surface area contributed by atoms with Crippen LogP contribution < -0.4 is 20.9 Å². The summed E-state index contributed by atoms with van der Waals surface area (Å²) < 4.78 is 10.6. The minimum Gasteiger partial charge on any atom is -0.483 e. The monoisotopic (exact) mass is 421 g/mol. The molecule has 1 heterocycles. The number of hydrogen-bond donors (Lipinski definition) is 3. The van der Waals surface area contributed by atoms with Gasteiger partial charge in [0, 0.05) is 11.3 Å². The highest BCUT2D eigenvalue weighted by molar-refractivity contribution is 6.04. The van der Waals surface area contributed by atoms with Crippen LogP contribution in [0.4, 0.5) is 5.69 Å². The maximum absolute atomic E-state index is 12.4. The van der Waals surface area contributed by atoms with Gasteiger partial charge in [0.1, 0.15) is 5.75 Å². The fourth-order valence-corrected chi connectivity index (χ4v) is 2.89. The minimum absolute atomic E-state index is 0.158. The first kappa shape index (κ1) is 21.6. The van der Waals surface area contributed by atoms with Gasteiger partial charge in [-0.2, -0.15) is 0 Å². The van der Waals surface area contributed by atoms with Crippen molar-refractivity contribution >= 4 is 23.4 Å². The van der Waals surface area contributed by atoms with E-state index in [1.807, 2.05) is 32.0 Å². The maximum Gasteiger partial charge on any atom is 0.291 e. The summed E-state index contributed by atoms with van der Waals surface area (Å²) in [7, 11) is 0. The molecular weight excluding hydrogens is 398 g/mol. The summed E-state index contributed by atoms with van der Waals surface area (Å²) in [5.74, 6) is -0.671. The summed E-state index contributed by atoms with van der Waals surface area (Å²) in [6.45, 7) is 5.33. The van der Waals surface area contributed by atoms with E-state index in [-0.39, 0.29) is 17.9 Å². The van der Waals surface area contributed by atoms with E-state index in [1.165, 1.54) is 18.4 Å². The molecule has 0 spiro atoms. The number of hydrogen-bond acceptors (Lipinski definition) is 5. The Bertz CT molecular complexity index is 1090. The SMILES string of the molecule is Cc1ccc(C(=O)NNC(=O)COc2c(C)cccc2C)cc1NC(=O)c1ccco1. The molecule has 0 unspecified atom stereocenters. The van der Waals surface area contributed by atoms with Gasteiger partial charge in [0.15, 0.2) is 12.4 Å². The Morgan fingerprint density at radius 3 is 2.29 bits per heavy atom. The summed E-state index contributed by atoms with van der Waals surface area (Å²) in [6.07, 6.45) is 1.40. The topological polar surface area (TPSA) is 110 Å². The standard InChI is InChI=1S/C23H23N3O5/c1-14-9-10-17(12-18(14)24-23(29)19-8-5-11-30-19)22(28)26-25-20(27)13-31-21-15(2)6-4-7-16(21)3/h4-12H,13H2,1-3H3,(H,24,29)(H,25,27)(H,26,28). The predicted molar refractivity (Wildman–Crippen MR) is 115 cm³/mol. The van der Waals surface area contributed by atoms with E-state index in [4.69, 9.17) is 9.15 Å². The molecule has 160 valence electrons. The third-order valence-electron chi connectivity index (χ3n) is 4.56. The number of furan rings is 1. The Balaban J connectivity index is 1.56. The van der Waals surface area contributed by atoms with Gasteiger partial charge in [-0.05, 0) is 61.7 Å². The molecule has 0 aliphatic rings. The molecule has 1 aromatic heterocycles. The molecule has 2 aromatic carbocycles. The van der Waals surface area contributed by atoms with Gasteiger partial charge in [-0.3, -0.25) is 25.2 Å². The van der Waals surface area contributed by atoms with Crippen molar-refractivity contribution in [3.05, 3.63) is 82.8 Å². The number of anilines is 1. The third kappa shape index (κ3) is 5.51. The van der Waals surface area contributed by atoms with Crippen molar-refractivity contribution in [3.63, 3.8) is 0 Å². The molecule has 8 nitrogen and oxygen atoms in total. The molecule has 0 saturated heterocycles.